The van der Waals surface area contributed by atoms with Gasteiger partial charge in [-0.05, 0) is 25.3 Å². The first-order valence-electron chi connectivity index (χ1n) is 7.99. The molecule has 1 nitrogen and oxygen atoms in total. The number of aryl methyl sites for hydroxylation is 2. The van der Waals surface area contributed by atoms with Crippen LogP contribution in [0.15, 0.2) is 36.5 Å². The molecule has 0 saturated carbocycles. The van der Waals surface area contributed by atoms with Crippen molar-refractivity contribution in [3.63, 3.8) is 0 Å². The fourth-order valence-electron chi connectivity index (χ4n) is 1.49. The van der Waals surface area contributed by atoms with Crippen molar-refractivity contribution in [1.29, 1.82) is 0 Å². The van der Waals surface area contributed by atoms with Crippen molar-refractivity contribution >= 4 is 0 Å². The largest absolute Gasteiger partial charge is 0.416 e. The Hall–Kier alpha value is -1.84. The van der Waals surface area contributed by atoms with Crippen molar-refractivity contribution in [1.82, 2.24) is 4.98 Å². The SMILES string of the molecule is [2H]C([2H])([2H])c1ccc(-c2cc(C(F)(F)F)c(C([2H])([2H])[2H])cn2)cc1. The molecule has 1 heterocycles. The average Bonchev–Trinajstić information content (AvgIpc) is 2.44. The highest BCUT2D eigenvalue weighted by atomic mass is 19.4. The molecule has 0 aliphatic rings. The van der Waals surface area contributed by atoms with Gasteiger partial charge in [0.15, 0.2) is 0 Å². The predicted octanol–water partition coefficient (Wildman–Crippen LogP) is 4.38. The van der Waals surface area contributed by atoms with E-state index in [0.717, 1.165) is 0 Å². The number of benzene rings is 1. The average molecular weight is 257 g/mol. The number of hydrogen-bond acceptors (Lipinski definition) is 1. The van der Waals surface area contributed by atoms with Gasteiger partial charge in [0.2, 0.25) is 0 Å². The van der Waals surface area contributed by atoms with Crippen molar-refractivity contribution in [2.75, 3.05) is 0 Å². The summed E-state index contributed by atoms with van der Waals surface area (Å²) in [7, 11) is 0. The summed E-state index contributed by atoms with van der Waals surface area (Å²) in [4.78, 5) is 3.78. The van der Waals surface area contributed by atoms with E-state index in [4.69, 9.17) is 8.22 Å². The summed E-state index contributed by atoms with van der Waals surface area (Å²) in [6.45, 7) is -5.27. The zero-order valence-corrected chi connectivity index (χ0v) is 9.05. The molecule has 1 aromatic heterocycles. The first-order chi connectivity index (χ1) is 10.8. The molecule has 0 spiro atoms. The maximum atomic E-state index is 13.1. The second-order valence-corrected chi connectivity index (χ2v) is 3.69. The summed E-state index contributed by atoms with van der Waals surface area (Å²) in [6, 6.07) is 5.87. The third kappa shape index (κ3) is 2.53. The van der Waals surface area contributed by atoms with Gasteiger partial charge in [0.05, 0.1) is 11.3 Å². The van der Waals surface area contributed by atoms with Crippen molar-refractivity contribution in [3.05, 3.63) is 53.2 Å². The molecule has 0 amide bonds. The summed E-state index contributed by atoms with van der Waals surface area (Å²) in [5.41, 5.74) is -1.95. The summed E-state index contributed by atoms with van der Waals surface area (Å²) >= 11 is 0. The highest BCUT2D eigenvalue weighted by Gasteiger charge is 2.32. The monoisotopic (exact) mass is 257 g/mol. The van der Waals surface area contributed by atoms with Crippen LogP contribution in [0.2, 0.25) is 0 Å². The molecule has 0 aliphatic carbocycles. The van der Waals surface area contributed by atoms with Crippen LogP contribution in [0, 0.1) is 13.7 Å². The number of hydrogen-bond donors (Lipinski definition) is 0. The molecule has 18 heavy (non-hydrogen) atoms. The first kappa shape index (κ1) is 6.92. The quantitative estimate of drug-likeness (QED) is 0.738. The van der Waals surface area contributed by atoms with Gasteiger partial charge in [-0.1, -0.05) is 29.8 Å². The number of nitrogens with zero attached hydrogens (tertiary/aromatic N) is 1. The molecule has 0 aliphatic heterocycles. The molecule has 0 atom stereocenters. The van der Waals surface area contributed by atoms with Crippen LogP contribution in [0.3, 0.4) is 0 Å². The van der Waals surface area contributed by atoms with Crippen LogP contribution in [0.4, 0.5) is 13.2 Å². The van der Waals surface area contributed by atoms with Crippen LogP contribution in [0.25, 0.3) is 11.3 Å². The van der Waals surface area contributed by atoms with Gasteiger partial charge in [-0.15, -0.1) is 0 Å². The number of aromatic nitrogens is 1. The van der Waals surface area contributed by atoms with E-state index in [-0.39, 0.29) is 16.8 Å². The van der Waals surface area contributed by atoms with Crippen LogP contribution >= 0.6 is 0 Å². The summed E-state index contributed by atoms with van der Waals surface area (Å²) in [5, 5.41) is 0. The molecule has 4 heteroatoms. The van der Waals surface area contributed by atoms with Crippen LogP contribution < -0.4 is 0 Å². The molecule has 2 rings (SSSR count). The van der Waals surface area contributed by atoms with Gasteiger partial charge in [-0.2, -0.15) is 13.2 Å². The lowest BCUT2D eigenvalue weighted by Crippen LogP contribution is -2.08. The molecule has 0 saturated heterocycles. The minimum Gasteiger partial charge on any atom is -0.256 e. The third-order valence-electron chi connectivity index (χ3n) is 2.39. The Labute approximate surface area is 112 Å². The van der Waals surface area contributed by atoms with E-state index in [0.29, 0.717) is 12.3 Å². The van der Waals surface area contributed by atoms with E-state index in [1.807, 2.05) is 0 Å². The maximum absolute atomic E-state index is 13.1. The third-order valence-corrected chi connectivity index (χ3v) is 2.39. The van der Waals surface area contributed by atoms with E-state index < -0.39 is 31.0 Å². The maximum Gasteiger partial charge on any atom is 0.416 e. The Bertz CT molecular complexity index is 732. The fourth-order valence-corrected chi connectivity index (χ4v) is 1.49. The number of rotatable bonds is 1. The van der Waals surface area contributed by atoms with Crippen molar-refractivity contribution in [2.24, 2.45) is 0 Å². The van der Waals surface area contributed by atoms with E-state index >= 15 is 0 Å². The van der Waals surface area contributed by atoms with Crippen molar-refractivity contribution in [2.45, 2.75) is 19.9 Å². The van der Waals surface area contributed by atoms with E-state index in [1.54, 1.807) is 0 Å². The molecule has 0 bridgehead atoms. The van der Waals surface area contributed by atoms with Gasteiger partial charge < -0.3 is 0 Å². The van der Waals surface area contributed by atoms with E-state index in [2.05, 4.69) is 4.98 Å². The topological polar surface area (TPSA) is 12.9 Å². The second kappa shape index (κ2) is 4.44. The first-order valence-corrected chi connectivity index (χ1v) is 4.99. The van der Waals surface area contributed by atoms with Gasteiger partial charge in [-0.25, -0.2) is 0 Å². The normalized spacial score (nSPS) is 17.9. The molecular weight excluding hydrogens is 239 g/mol. The second-order valence-electron chi connectivity index (χ2n) is 3.69. The molecule has 1 aromatic carbocycles. The number of alkyl halides is 3. The Morgan fingerprint density at radius 2 is 1.83 bits per heavy atom. The van der Waals surface area contributed by atoms with Gasteiger partial charge in [-0.3, -0.25) is 4.98 Å². The summed E-state index contributed by atoms with van der Waals surface area (Å²) in [6.07, 6.45) is -4.16. The van der Waals surface area contributed by atoms with Crippen LogP contribution in [-0.2, 0) is 6.18 Å². The summed E-state index contributed by atoms with van der Waals surface area (Å²) < 4.78 is 82.8. The number of halogens is 3. The van der Waals surface area contributed by atoms with Crippen molar-refractivity contribution in [3.8, 4) is 11.3 Å². The lowest BCUT2D eigenvalue weighted by Gasteiger charge is -2.11. The minimum absolute atomic E-state index is 0.0430. The zero-order valence-electron chi connectivity index (χ0n) is 15.0. The highest BCUT2D eigenvalue weighted by Crippen LogP contribution is 2.33. The molecular formula is C14H12F3N. The van der Waals surface area contributed by atoms with E-state index in [1.165, 1.54) is 24.3 Å². The Balaban J connectivity index is 2.53. The summed E-state index contributed by atoms with van der Waals surface area (Å²) in [5.74, 6) is 0. The molecule has 2 aromatic rings. The van der Waals surface area contributed by atoms with Gasteiger partial charge >= 0.3 is 6.18 Å². The van der Waals surface area contributed by atoms with Crippen LogP contribution in [0.5, 0.6) is 0 Å². The standard InChI is InChI=1S/C14H12F3N/c1-9-3-5-11(6-4-9)13-7-12(14(15,16)17)10(2)8-18-13/h3-8H,1-2H3/i1D3,2D3. The Kier molecular flexibility index (Phi) is 1.71. The smallest absolute Gasteiger partial charge is 0.256 e. The lowest BCUT2D eigenvalue weighted by atomic mass is 10.0. The highest BCUT2D eigenvalue weighted by molar-refractivity contribution is 5.60. The van der Waals surface area contributed by atoms with Crippen molar-refractivity contribution < 1.29 is 21.4 Å². The lowest BCUT2D eigenvalue weighted by molar-refractivity contribution is -0.138. The number of pyridine rings is 1. The fraction of sp³-hybridized carbons (Fsp3) is 0.214. The predicted molar refractivity (Wildman–Crippen MR) is 64.1 cm³/mol. The molecule has 94 valence electrons. The van der Waals surface area contributed by atoms with Crippen LogP contribution in [-0.4, -0.2) is 4.98 Å². The van der Waals surface area contributed by atoms with E-state index in [9.17, 15) is 13.2 Å². The molecule has 0 fully saturated rings. The Morgan fingerprint density at radius 1 is 1.11 bits per heavy atom. The minimum atomic E-state index is -4.85. The zero-order chi connectivity index (χ0) is 18.3. The van der Waals surface area contributed by atoms with Crippen LogP contribution in [0.1, 0.15) is 24.9 Å². The van der Waals surface area contributed by atoms with Gasteiger partial charge in [0, 0.05) is 20.0 Å². The molecule has 0 N–H and O–H groups in total. The Morgan fingerprint density at radius 3 is 2.39 bits per heavy atom. The molecule has 0 unspecified atom stereocenters. The van der Waals surface area contributed by atoms with Gasteiger partial charge in [0.25, 0.3) is 0 Å². The van der Waals surface area contributed by atoms with Gasteiger partial charge in [0.1, 0.15) is 0 Å². The molecule has 0 radical (unpaired) electrons.